The first-order valence-electron chi connectivity index (χ1n) is 32.7. The fraction of sp³-hybridized carbons (Fsp3) is 0.405. The number of alkyl halides is 6. The average molecular weight is 1380 g/mol. The van der Waals surface area contributed by atoms with Crippen molar-refractivity contribution in [2.75, 3.05) is 52.4 Å². The lowest BCUT2D eigenvalue weighted by atomic mass is 9.93. The number of amides is 2. The van der Waals surface area contributed by atoms with Gasteiger partial charge in [-0.05, 0) is 189 Å². The molecule has 10 nitrogen and oxygen atoms in total. The summed E-state index contributed by atoms with van der Waals surface area (Å²) in [6, 6.07) is 43.0. The third kappa shape index (κ3) is 14.3. The first kappa shape index (κ1) is 64.2. The summed E-state index contributed by atoms with van der Waals surface area (Å²) in [7, 11) is 0. The van der Waals surface area contributed by atoms with Gasteiger partial charge in [-0.15, -0.1) is 0 Å². The Morgan fingerprint density at radius 1 is 0.457 bits per heavy atom. The molecule has 0 radical (unpaired) electrons. The minimum absolute atomic E-state index is 0.220. The number of aromatic nitrogens is 2. The molecular formula is C74H76Br2F6N8O2. The lowest BCUT2D eigenvalue weighted by Crippen LogP contribution is -2.46. The highest BCUT2D eigenvalue weighted by molar-refractivity contribution is 9.10. The summed E-state index contributed by atoms with van der Waals surface area (Å²) in [6.07, 6.45) is 6.07. The molecule has 2 aliphatic carbocycles. The zero-order valence-electron chi connectivity index (χ0n) is 51.5. The van der Waals surface area contributed by atoms with Gasteiger partial charge < -0.3 is 20.4 Å². The van der Waals surface area contributed by atoms with Crippen LogP contribution in [0.1, 0.15) is 144 Å². The molecule has 4 aliphatic heterocycles. The van der Waals surface area contributed by atoms with Gasteiger partial charge in [0.2, 0.25) is 0 Å². The van der Waals surface area contributed by atoms with Gasteiger partial charge in [-0.1, -0.05) is 142 Å². The standard InChI is InChI=1S/2C37H38BrF3N4O/c2*38-28-12-13-30-32(23-28)42-34(25-8-7-11-27(22-25)37(39,40)41)31(24-44-20-14-29(15-21-44)45-18-5-2-6-19-45)33(30)35(46)43-36(16-17-36)26-9-3-1-4-10-26/h2*1,3-4,7-13,22-23,29H,2,5-6,14-21,24H2,(H,43,46). The molecule has 0 atom stereocenters. The maximum absolute atomic E-state index is 14.5. The van der Waals surface area contributed by atoms with Crippen LogP contribution in [0.2, 0.25) is 0 Å². The Hall–Kier alpha value is -6.54. The minimum Gasteiger partial charge on any atom is -0.342 e. The predicted molar refractivity (Wildman–Crippen MR) is 357 cm³/mol. The van der Waals surface area contributed by atoms with Gasteiger partial charge in [-0.25, -0.2) is 9.97 Å². The van der Waals surface area contributed by atoms with Crippen molar-refractivity contribution in [2.24, 2.45) is 0 Å². The van der Waals surface area contributed by atoms with Gasteiger partial charge in [0.25, 0.3) is 11.8 Å². The molecule has 92 heavy (non-hydrogen) atoms. The summed E-state index contributed by atoms with van der Waals surface area (Å²) in [5.74, 6) is -0.440. The molecule has 0 spiro atoms. The van der Waals surface area contributed by atoms with Crippen LogP contribution in [0.3, 0.4) is 0 Å². The van der Waals surface area contributed by atoms with Crippen molar-refractivity contribution in [3.8, 4) is 22.5 Å². The fourth-order valence-electron chi connectivity index (χ4n) is 14.7. The minimum atomic E-state index is -4.50. The molecule has 480 valence electrons. The highest BCUT2D eigenvalue weighted by Crippen LogP contribution is 2.48. The molecule has 6 fully saturated rings. The van der Waals surface area contributed by atoms with Crippen molar-refractivity contribution in [2.45, 2.75) is 138 Å². The number of benzene rings is 6. The third-order valence-electron chi connectivity index (χ3n) is 20.0. The van der Waals surface area contributed by atoms with Gasteiger partial charge in [-0.2, -0.15) is 26.3 Å². The van der Waals surface area contributed by atoms with Crippen LogP contribution in [-0.2, 0) is 36.5 Å². The lowest BCUT2D eigenvalue weighted by molar-refractivity contribution is -0.138. The fourth-order valence-corrected chi connectivity index (χ4v) is 15.4. The van der Waals surface area contributed by atoms with Crippen LogP contribution < -0.4 is 10.6 Å². The van der Waals surface area contributed by atoms with Gasteiger partial charge in [0, 0.05) is 67.1 Å². The maximum atomic E-state index is 14.5. The predicted octanol–water partition coefficient (Wildman–Crippen LogP) is 17.1. The number of carbonyl (C=O) groups excluding carboxylic acids is 2. The van der Waals surface area contributed by atoms with Crippen LogP contribution >= 0.6 is 31.9 Å². The number of fused-ring (bicyclic) bond motifs is 2. The number of piperidine rings is 4. The molecule has 6 heterocycles. The van der Waals surface area contributed by atoms with Crippen molar-refractivity contribution in [3.05, 3.63) is 199 Å². The molecule has 0 unspecified atom stereocenters. The molecule has 2 amide bonds. The van der Waals surface area contributed by atoms with Gasteiger partial charge in [0.05, 0.1) is 55.8 Å². The number of rotatable bonds is 14. The van der Waals surface area contributed by atoms with Crippen molar-refractivity contribution in [3.63, 3.8) is 0 Å². The second-order valence-corrected chi connectivity index (χ2v) is 28.0. The Bertz CT molecular complexity index is 3710. The SMILES string of the molecule is O=C(NC1(c2ccccc2)CC1)c1c(CN2CCC(N3CCCCC3)CC2)c(-c2cccc(C(F)(F)F)c2)nc2cc(Br)ccc12.O=C(NC1(c2ccccc2)CC1)c1c(CN2CCC(N3CCCCC3)CC2)c(-c2cccc(C(F)(F)F)c2)nc2cc(Br)ccc12. The Balaban J connectivity index is 0.000000168. The van der Waals surface area contributed by atoms with Crippen LogP contribution in [0.15, 0.2) is 155 Å². The first-order valence-corrected chi connectivity index (χ1v) is 34.3. The number of pyridine rings is 2. The summed E-state index contributed by atoms with van der Waals surface area (Å²) < 4.78 is 85.0. The number of carbonyl (C=O) groups is 2. The molecule has 6 aromatic carbocycles. The lowest BCUT2D eigenvalue weighted by Gasteiger charge is -2.40. The monoisotopic (exact) mass is 1380 g/mol. The normalized spacial score (nSPS) is 19.3. The highest BCUT2D eigenvalue weighted by atomic mass is 79.9. The van der Waals surface area contributed by atoms with E-state index in [-0.39, 0.29) is 11.8 Å². The zero-order chi connectivity index (χ0) is 63.8. The van der Waals surface area contributed by atoms with Crippen molar-refractivity contribution in [1.29, 1.82) is 0 Å². The average Bonchev–Trinajstić information content (AvgIpc) is 1.30. The quantitative estimate of drug-likeness (QED) is 0.104. The molecule has 2 saturated carbocycles. The first-order chi connectivity index (χ1) is 44.4. The molecule has 18 heteroatoms. The Kier molecular flexibility index (Phi) is 18.9. The van der Waals surface area contributed by atoms with E-state index in [1.54, 1.807) is 12.1 Å². The number of nitrogens with zero attached hydrogens (tertiary/aromatic N) is 6. The maximum Gasteiger partial charge on any atom is 0.416 e. The topological polar surface area (TPSA) is 96.9 Å². The molecule has 6 aliphatic rings. The zero-order valence-corrected chi connectivity index (χ0v) is 54.7. The van der Waals surface area contributed by atoms with Crippen LogP contribution in [0, 0.1) is 0 Å². The smallest absolute Gasteiger partial charge is 0.342 e. The van der Waals surface area contributed by atoms with E-state index in [1.165, 1.54) is 50.7 Å². The third-order valence-corrected chi connectivity index (χ3v) is 21.0. The number of nitrogens with one attached hydrogen (secondary N) is 2. The molecule has 2 aromatic heterocycles. The van der Waals surface area contributed by atoms with E-state index < -0.39 is 34.6 Å². The van der Waals surface area contributed by atoms with E-state index in [1.807, 2.05) is 97.1 Å². The van der Waals surface area contributed by atoms with E-state index >= 15 is 0 Å². The molecule has 8 aromatic rings. The van der Waals surface area contributed by atoms with Gasteiger partial charge in [-0.3, -0.25) is 19.4 Å². The largest absolute Gasteiger partial charge is 0.416 e. The molecule has 14 rings (SSSR count). The van der Waals surface area contributed by atoms with Gasteiger partial charge in [0.15, 0.2) is 0 Å². The van der Waals surface area contributed by atoms with Crippen LogP contribution in [-0.4, -0.2) is 106 Å². The molecule has 2 N–H and O–H groups in total. The summed E-state index contributed by atoms with van der Waals surface area (Å²) in [5.41, 5.74) is 4.74. The highest BCUT2D eigenvalue weighted by Gasteiger charge is 2.48. The Labute approximate surface area is 550 Å². The van der Waals surface area contributed by atoms with Crippen LogP contribution in [0.5, 0.6) is 0 Å². The Morgan fingerprint density at radius 2 is 0.826 bits per heavy atom. The van der Waals surface area contributed by atoms with Crippen molar-refractivity contribution in [1.82, 2.24) is 40.2 Å². The van der Waals surface area contributed by atoms with E-state index in [2.05, 4.69) is 62.1 Å². The van der Waals surface area contributed by atoms with Gasteiger partial charge >= 0.3 is 12.4 Å². The van der Waals surface area contributed by atoms with Gasteiger partial charge in [0.1, 0.15) is 0 Å². The van der Waals surface area contributed by atoms with E-state index in [0.717, 1.165) is 148 Å². The second kappa shape index (κ2) is 27.1. The second-order valence-electron chi connectivity index (χ2n) is 26.1. The van der Waals surface area contributed by atoms with Crippen molar-refractivity contribution >= 4 is 65.5 Å². The molecule has 0 bridgehead atoms. The van der Waals surface area contributed by atoms with Crippen molar-refractivity contribution < 1.29 is 35.9 Å². The summed E-state index contributed by atoms with van der Waals surface area (Å²) in [6.45, 7) is 8.91. The van der Waals surface area contributed by atoms with Crippen LogP contribution in [0.4, 0.5) is 26.3 Å². The molecular weight excluding hydrogens is 1310 g/mol. The number of halogens is 8. The summed E-state index contributed by atoms with van der Waals surface area (Å²) >= 11 is 7.07. The summed E-state index contributed by atoms with van der Waals surface area (Å²) in [4.78, 5) is 49.0. The number of hydrogen-bond donors (Lipinski definition) is 2. The molecule has 4 saturated heterocycles. The summed E-state index contributed by atoms with van der Waals surface area (Å²) in [5, 5.41) is 8.12. The van der Waals surface area contributed by atoms with E-state index in [0.29, 0.717) is 91.7 Å². The van der Waals surface area contributed by atoms with E-state index in [4.69, 9.17) is 9.97 Å². The Morgan fingerprint density at radius 3 is 1.17 bits per heavy atom. The van der Waals surface area contributed by atoms with Crippen LogP contribution in [0.25, 0.3) is 44.3 Å². The number of likely N-dealkylation sites (tertiary alicyclic amines) is 4. The van der Waals surface area contributed by atoms with E-state index in [9.17, 15) is 35.9 Å². The number of hydrogen-bond acceptors (Lipinski definition) is 8.